The Labute approximate surface area is 284 Å². The van der Waals surface area contributed by atoms with Gasteiger partial charge in [0, 0.05) is 14.2 Å². The van der Waals surface area contributed by atoms with Gasteiger partial charge in [0.25, 0.3) is 0 Å². The van der Waals surface area contributed by atoms with E-state index in [1.54, 1.807) is 14.2 Å². The Balaban J connectivity index is 3.36. The van der Waals surface area contributed by atoms with E-state index in [2.05, 4.69) is 6.92 Å². The highest BCUT2D eigenvalue weighted by molar-refractivity contribution is 4.55. The predicted molar refractivity (Wildman–Crippen MR) is 177 cm³/mol. The van der Waals surface area contributed by atoms with Gasteiger partial charge in [-0.2, -0.15) is 0 Å². The molecule has 0 aromatic rings. The molecular weight excluding hydrogens is 620 g/mol. The summed E-state index contributed by atoms with van der Waals surface area (Å²) in [6.07, 6.45) is 0.954. The number of hydrogen-bond donors (Lipinski definition) is 0. The largest absolute Gasteiger partial charge is 0.382 e. The predicted octanol–water partition coefficient (Wildman–Crippen LogP) is 2.42. The van der Waals surface area contributed by atoms with Crippen LogP contribution in [0.5, 0.6) is 0 Å². The molecular formula is C33H68O14. The number of rotatable bonds is 40. The van der Waals surface area contributed by atoms with E-state index in [0.717, 1.165) is 6.42 Å². The topological polar surface area (TPSA) is 129 Å². The van der Waals surface area contributed by atoms with Crippen molar-refractivity contribution in [3.8, 4) is 0 Å². The monoisotopic (exact) mass is 688 g/mol. The minimum atomic E-state index is -0.0486. The molecule has 0 saturated heterocycles. The SMILES string of the molecule is CCC(COCCOCCOCCOCCOCCOC(C)COCC(C)OCC(C)OCCOCCOCCOCCOC)OC. The number of ether oxygens (including phenoxy) is 14. The van der Waals surface area contributed by atoms with Gasteiger partial charge < -0.3 is 66.3 Å². The summed E-state index contributed by atoms with van der Waals surface area (Å²) in [7, 11) is 3.34. The van der Waals surface area contributed by atoms with Crippen LogP contribution in [-0.4, -0.2) is 184 Å². The first-order valence-corrected chi connectivity index (χ1v) is 17.1. The Morgan fingerprint density at radius 3 is 1.06 bits per heavy atom. The second-order valence-electron chi connectivity index (χ2n) is 10.7. The lowest BCUT2D eigenvalue weighted by Gasteiger charge is -2.19. The summed E-state index contributed by atoms with van der Waals surface area (Å²) < 4.78 is 77.0. The third-order valence-electron chi connectivity index (χ3n) is 6.34. The van der Waals surface area contributed by atoms with Gasteiger partial charge in [-0.1, -0.05) is 6.92 Å². The normalized spacial score (nSPS) is 14.4. The van der Waals surface area contributed by atoms with Gasteiger partial charge in [-0.15, -0.1) is 0 Å². The average Bonchev–Trinajstić information content (AvgIpc) is 3.07. The van der Waals surface area contributed by atoms with Crippen LogP contribution < -0.4 is 0 Å². The highest BCUT2D eigenvalue weighted by Crippen LogP contribution is 2.00. The van der Waals surface area contributed by atoms with E-state index in [4.69, 9.17) is 66.3 Å². The van der Waals surface area contributed by atoms with Crippen LogP contribution in [0, 0.1) is 0 Å². The minimum Gasteiger partial charge on any atom is -0.382 e. The Kier molecular flexibility index (Phi) is 37.8. The van der Waals surface area contributed by atoms with E-state index in [1.807, 2.05) is 20.8 Å². The molecule has 0 aliphatic rings. The van der Waals surface area contributed by atoms with Gasteiger partial charge in [0.05, 0.1) is 170 Å². The zero-order valence-corrected chi connectivity index (χ0v) is 30.3. The lowest BCUT2D eigenvalue weighted by Crippen LogP contribution is -2.26. The smallest absolute Gasteiger partial charge is 0.0802 e. The fraction of sp³-hybridized carbons (Fsp3) is 1.00. The summed E-state index contributed by atoms with van der Waals surface area (Å²) in [5.41, 5.74) is 0. The molecule has 0 saturated carbocycles. The average molecular weight is 689 g/mol. The van der Waals surface area contributed by atoms with Crippen LogP contribution in [0.2, 0.25) is 0 Å². The standard InChI is InChI=1S/C33H68O14/c1-7-33(35-6)29-43-21-20-40-15-14-38-12-13-39-17-18-41-22-24-45-30(2)26-44-27-31(3)47-28-32(4)46-25-23-42-19-16-37-11-10-36-9-8-34-5/h30-33H,7-29H2,1-6H3. The second-order valence-corrected chi connectivity index (χ2v) is 10.7. The van der Waals surface area contributed by atoms with E-state index in [1.165, 1.54) is 0 Å². The summed E-state index contributed by atoms with van der Waals surface area (Å²) in [6.45, 7) is 19.5. The maximum absolute atomic E-state index is 5.83. The summed E-state index contributed by atoms with van der Waals surface area (Å²) in [4.78, 5) is 0. The molecule has 0 spiro atoms. The summed E-state index contributed by atoms with van der Waals surface area (Å²) in [6, 6.07) is 0. The van der Waals surface area contributed by atoms with Gasteiger partial charge in [-0.05, 0) is 27.2 Å². The Morgan fingerprint density at radius 1 is 0.340 bits per heavy atom. The van der Waals surface area contributed by atoms with Crippen LogP contribution in [0.3, 0.4) is 0 Å². The van der Waals surface area contributed by atoms with E-state index in [-0.39, 0.29) is 24.4 Å². The number of hydrogen-bond acceptors (Lipinski definition) is 14. The maximum atomic E-state index is 5.83. The van der Waals surface area contributed by atoms with Crippen LogP contribution >= 0.6 is 0 Å². The zero-order chi connectivity index (χ0) is 34.5. The van der Waals surface area contributed by atoms with E-state index in [0.29, 0.717) is 145 Å². The van der Waals surface area contributed by atoms with Gasteiger partial charge in [0.15, 0.2) is 0 Å². The van der Waals surface area contributed by atoms with E-state index in [9.17, 15) is 0 Å². The molecule has 0 aliphatic heterocycles. The molecule has 14 nitrogen and oxygen atoms in total. The molecule has 0 amide bonds. The van der Waals surface area contributed by atoms with Gasteiger partial charge in [0.2, 0.25) is 0 Å². The Bertz CT molecular complexity index is 588. The lowest BCUT2D eigenvalue weighted by molar-refractivity contribution is -0.0820. The number of methoxy groups -OCH3 is 2. The second kappa shape index (κ2) is 38.2. The van der Waals surface area contributed by atoms with Crippen molar-refractivity contribution in [1.82, 2.24) is 0 Å². The van der Waals surface area contributed by atoms with Crippen molar-refractivity contribution in [1.29, 1.82) is 0 Å². The molecule has 0 N–H and O–H groups in total. The van der Waals surface area contributed by atoms with Crippen molar-refractivity contribution in [3.63, 3.8) is 0 Å². The van der Waals surface area contributed by atoms with Crippen LogP contribution in [0.4, 0.5) is 0 Å². The minimum absolute atomic E-state index is 0.0374. The summed E-state index contributed by atoms with van der Waals surface area (Å²) in [5.74, 6) is 0. The third-order valence-corrected chi connectivity index (χ3v) is 6.34. The van der Waals surface area contributed by atoms with Gasteiger partial charge in [-0.25, -0.2) is 0 Å². The zero-order valence-electron chi connectivity index (χ0n) is 30.3. The van der Waals surface area contributed by atoms with Crippen molar-refractivity contribution in [2.45, 2.75) is 58.5 Å². The molecule has 0 bridgehead atoms. The highest BCUT2D eigenvalue weighted by Gasteiger charge is 2.09. The van der Waals surface area contributed by atoms with Crippen molar-refractivity contribution >= 4 is 0 Å². The first-order valence-electron chi connectivity index (χ1n) is 17.1. The van der Waals surface area contributed by atoms with Crippen LogP contribution in [0.1, 0.15) is 34.1 Å². The molecule has 47 heavy (non-hydrogen) atoms. The van der Waals surface area contributed by atoms with E-state index < -0.39 is 0 Å². The summed E-state index contributed by atoms with van der Waals surface area (Å²) >= 11 is 0. The molecule has 0 fully saturated rings. The molecule has 0 heterocycles. The van der Waals surface area contributed by atoms with Crippen molar-refractivity contribution in [3.05, 3.63) is 0 Å². The van der Waals surface area contributed by atoms with Crippen LogP contribution in [-0.2, 0) is 66.3 Å². The lowest BCUT2D eigenvalue weighted by atomic mass is 10.3. The van der Waals surface area contributed by atoms with Crippen molar-refractivity contribution in [2.75, 3.05) is 160 Å². The Morgan fingerprint density at radius 2 is 0.681 bits per heavy atom. The Hall–Kier alpha value is -0.560. The molecule has 0 aromatic carbocycles. The maximum Gasteiger partial charge on any atom is 0.0802 e. The van der Waals surface area contributed by atoms with Gasteiger partial charge in [0.1, 0.15) is 0 Å². The molecule has 4 atom stereocenters. The molecule has 4 unspecified atom stereocenters. The quantitative estimate of drug-likeness (QED) is 0.0874. The first-order chi connectivity index (χ1) is 23.0. The fourth-order valence-corrected chi connectivity index (χ4v) is 3.59. The van der Waals surface area contributed by atoms with Crippen LogP contribution in [0.15, 0.2) is 0 Å². The van der Waals surface area contributed by atoms with E-state index >= 15 is 0 Å². The highest BCUT2D eigenvalue weighted by atomic mass is 16.6. The summed E-state index contributed by atoms with van der Waals surface area (Å²) in [5, 5.41) is 0. The first kappa shape index (κ1) is 46.4. The van der Waals surface area contributed by atoms with Gasteiger partial charge >= 0.3 is 0 Å². The van der Waals surface area contributed by atoms with Crippen LogP contribution in [0.25, 0.3) is 0 Å². The fourth-order valence-electron chi connectivity index (χ4n) is 3.59. The molecule has 0 aliphatic carbocycles. The van der Waals surface area contributed by atoms with Crippen molar-refractivity contribution < 1.29 is 66.3 Å². The molecule has 0 rings (SSSR count). The molecule has 284 valence electrons. The molecule has 14 heteroatoms. The van der Waals surface area contributed by atoms with Crippen molar-refractivity contribution in [2.24, 2.45) is 0 Å². The third kappa shape index (κ3) is 36.5. The van der Waals surface area contributed by atoms with Gasteiger partial charge in [-0.3, -0.25) is 0 Å². The molecule has 0 aromatic heterocycles. The molecule has 0 radical (unpaired) electrons.